The van der Waals surface area contributed by atoms with E-state index in [0.29, 0.717) is 11.6 Å². The van der Waals surface area contributed by atoms with Crippen LogP contribution in [-0.2, 0) is 0 Å². The number of hydrogen-bond acceptors (Lipinski definition) is 4. The molecule has 1 aliphatic heterocycles. The number of hydrogen-bond donors (Lipinski definition) is 1. The van der Waals surface area contributed by atoms with Crippen molar-refractivity contribution in [2.24, 2.45) is 0 Å². The van der Waals surface area contributed by atoms with E-state index >= 15 is 0 Å². The number of piperidine rings is 1. The molecule has 0 spiro atoms. The van der Waals surface area contributed by atoms with Gasteiger partial charge < -0.3 is 10.2 Å². The molecule has 1 fully saturated rings. The highest BCUT2D eigenvalue weighted by Gasteiger charge is 2.16. The molecule has 0 saturated carbocycles. The van der Waals surface area contributed by atoms with Gasteiger partial charge in [0.05, 0.1) is 0 Å². The second-order valence-electron chi connectivity index (χ2n) is 5.07. The lowest BCUT2D eigenvalue weighted by Gasteiger charge is -2.26. The van der Waals surface area contributed by atoms with Crippen LogP contribution >= 0.6 is 0 Å². The summed E-state index contributed by atoms with van der Waals surface area (Å²) in [5.41, 5.74) is 0.455. The second-order valence-corrected chi connectivity index (χ2v) is 5.07. The first-order valence-corrected chi connectivity index (χ1v) is 7.09. The van der Waals surface area contributed by atoms with E-state index < -0.39 is 0 Å². The summed E-state index contributed by atoms with van der Waals surface area (Å²) in [4.78, 5) is 22.9. The Hall–Kier alpha value is -1.65. The third-order valence-electron chi connectivity index (χ3n) is 3.50. The third kappa shape index (κ3) is 3.66. The minimum atomic E-state index is -0.116. The molecule has 5 nitrogen and oxygen atoms in total. The summed E-state index contributed by atoms with van der Waals surface area (Å²) < 4.78 is 0. The van der Waals surface area contributed by atoms with Crippen LogP contribution in [0.3, 0.4) is 0 Å². The van der Waals surface area contributed by atoms with Gasteiger partial charge in [-0.1, -0.05) is 6.92 Å². The maximum absolute atomic E-state index is 12.0. The largest absolute Gasteiger partial charge is 0.348 e. The molecular weight excluding hydrogens is 240 g/mol. The van der Waals surface area contributed by atoms with Crippen molar-refractivity contribution in [1.82, 2.24) is 15.3 Å². The van der Waals surface area contributed by atoms with Crippen molar-refractivity contribution < 1.29 is 4.79 Å². The van der Waals surface area contributed by atoms with E-state index in [0.717, 1.165) is 19.5 Å². The number of nitrogens with one attached hydrogen (secondary N) is 1. The fourth-order valence-corrected chi connectivity index (χ4v) is 2.12. The molecule has 2 rings (SSSR count). The second kappa shape index (κ2) is 6.50. The van der Waals surface area contributed by atoms with E-state index in [-0.39, 0.29) is 11.9 Å². The molecule has 1 N–H and O–H groups in total. The Bertz CT molecular complexity index is 429. The molecule has 2 heterocycles. The topological polar surface area (TPSA) is 58.1 Å². The van der Waals surface area contributed by atoms with E-state index in [4.69, 9.17) is 0 Å². The van der Waals surface area contributed by atoms with E-state index in [1.54, 1.807) is 12.3 Å². The van der Waals surface area contributed by atoms with Crippen LogP contribution in [0.25, 0.3) is 0 Å². The van der Waals surface area contributed by atoms with Gasteiger partial charge in [-0.05, 0) is 38.7 Å². The summed E-state index contributed by atoms with van der Waals surface area (Å²) in [5, 5.41) is 2.93. The van der Waals surface area contributed by atoms with Crippen molar-refractivity contribution in [2.75, 3.05) is 18.0 Å². The summed E-state index contributed by atoms with van der Waals surface area (Å²) in [7, 11) is 0. The Balaban J connectivity index is 2.07. The molecule has 0 aromatic carbocycles. The molecule has 1 amide bonds. The fourth-order valence-electron chi connectivity index (χ4n) is 2.12. The SMILES string of the molecule is CCC(C)NC(=O)c1ccnc(N2CCCCC2)n1. The Morgan fingerprint density at radius 3 is 2.84 bits per heavy atom. The number of rotatable bonds is 4. The van der Waals surface area contributed by atoms with Crippen molar-refractivity contribution in [2.45, 2.75) is 45.6 Å². The summed E-state index contributed by atoms with van der Waals surface area (Å²) in [6, 6.07) is 1.84. The van der Waals surface area contributed by atoms with Crippen molar-refractivity contribution in [3.63, 3.8) is 0 Å². The van der Waals surface area contributed by atoms with Crippen LogP contribution in [0.5, 0.6) is 0 Å². The molecular formula is C14H22N4O. The quantitative estimate of drug-likeness (QED) is 0.901. The van der Waals surface area contributed by atoms with Crippen LogP contribution in [0.15, 0.2) is 12.3 Å². The molecule has 1 aliphatic rings. The van der Waals surface area contributed by atoms with Gasteiger partial charge in [0.2, 0.25) is 5.95 Å². The zero-order valence-electron chi connectivity index (χ0n) is 11.7. The molecule has 1 atom stereocenters. The first-order valence-electron chi connectivity index (χ1n) is 7.09. The van der Waals surface area contributed by atoms with Crippen LogP contribution in [0.2, 0.25) is 0 Å². The standard InChI is InChI=1S/C14H22N4O/c1-3-11(2)16-13(19)12-7-8-15-14(17-12)18-9-5-4-6-10-18/h7-8,11H,3-6,9-10H2,1-2H3,(H,16,19). The fraction of sp³-hybridized carbons (Fsp3) is 0.643. The van der Waals surface area contributed by atoms with E-state index in [1.165, 1.54) is 19.3 Å². The number of carbonyl (C=O) groups is 1. The number of anilines is 1. The number of nitrogens with zero attached hydrogens (tertiary/aromatic N) is 3. The number of aromatic nitrogens is 2. The maximum atomic E-state index is 12.0. The van der Waals surface area contributed by atoms with Gasteiger partial charge in [-0.25, -0.2) is 9.97 Å². The molecule has 1 aromatic rings. The molecule has 104 valence electrons. The Labute approximate surface area is 114 Å². The van der Waals surface area contributed by atoms with Crippen LogP contribution in [0.4, 0.5) is 5.95 Å². The van der Waals surface area contributed by atoms with Gasteiger partial charge in [0.25, 0.3) is 5.91 Å². The average Bonchev–Trinajstić information content (AvgIpc) is 2.48. The van der Waals surface area contributed by atoms with Crippen LogP contribution < -0.4 is 10.2 Å². The van der Waals surface area contributed by atoms with Crippen LogP contribution in [0.1, 0.15) is 50.0 Å². The molecule has 0 aliphatic carbocycles. The predicted molar refractivity (Wildman–Crippen MR) is 75.3 cm³/mol. The Kier molecular flexibility index (Phi) is 4.71. The maximum Gasteiger partial charge on any atom is 0.270 e. The Morgan fingerprint density at radius 1 is 1.42 bits per heavy atom. The third-order valence-corrected chi connectivity index (χ3v) is 3.50. The van der Waals surface area contributed by atoms with Gasteiger partial charge in [0.15, 0.2) is 0 Å². The lowest BCUT2D eigenvalue weighted by molar-refractivity contribution is 0.0934. The normalized spacial score (nSPS) is 17.1. The lowest BCUT2D eigenvalue weighted by atomic mass is 10.1. The summed E-state index contributed by atoms with van der Waals surface area (Å²) >= 11 is 0. The number of carbonyl (C=O) groups excluding carboxylic acids is 1. The van der Waals surface area contributed by atoms with Crippen molar-refractivity contribution >= 4 is 11.9 Å². The average molecular weight is 262 g/mol. The zero-order valence-corrected chi connectivity index (χ0v) is 11.7. The number of amides is 1. The Morgan fingerprint density at radius 2 is 2.16 bits per heavy atom. The van der Waals surface area contributed by atoms with Gasteiger partial charge >= 0.3 is 0 Å². The van der Waals surface area contributed by atoms with Crippen molar-refractivity contribution in [1.29, 1.82) is 0 Å². The van der Waals surface area contributed by atoms with Crippen LogP contribution in [-0.4, -0.2) is 35.0 Å². The highest BCUT2D eigenvalue weighted by molar-refractivity contribution is 5.92. The molecule has 5 heteroatoms. The highest BCUT2D eigenvalue weighted by Crippen LogP contribution is 2.15. The summed E-state index contributed by atoms with van der Waals surface area (Å²) in [6.45, 7) is 6.00. The van der Waals surface area contributed by atoms with E-state index in [1.807, 2.05) is 13.8 Å². The highest BCUT2D eigenvalue weighted by atomic mass is 16.1. The van der Waals surface area contributed by atoms with Gasteiger partial charge in [0, 0.05) is 25.3 Å². The smallest absolute Gasteiger partial charge is 0.270 e. The van der Waals surface area contributed by atoms with E-state index in [2.05, 4.69) is 20.2 Å². The molecule has 1 unspecified atom stereocenters. The first-order chi connectivity index (χ1) is 9.20. The van der Waals surface area contributed by atoms with Gasteiger partial charge in [-0.15, -0.1) is 0 Å². The monoisotopic (exact) mass is 262 g/mol. The van der Waals surface area contributed by atoms with Gasteiger partial charge in [0.1, 0.15) is 5.69 Å². The van der Waals surface area contributed by atoms with Crippen LogP contribution in [0, 0.1) is 0 Å². The molecule has 0 bridgehead atoms. The minimum absolute atomic E-state index is 0.116. The van der Waals surface area contributed by atoms with E-state index in [9.17, 15) is 4.79 Å². The van der Waals surface area contributed by atoms with Crippen molar-refractivity contribution in [3.8, 4) is 0 Å². The van der Waals surface area contributed by atoms with Gasteiger partial charge in [-0.2, -0.15) is 0 Å². The summed E-state index contributed by atoms with van der Waals surface area (Å²) in [6.07, 6.45) is 6.20. The predicted octanol–water partition coefficient (Wildman–Crippen LogP) is 2.00. The van der Waals surface area contributed by atoms with Crippen molar-refractivity contribution in [3.05, 3.63) is 18.0 Å². The first kappa shape index (κ1) is 13.8. The minimum Gasteiger partial charge on any atom is -0.348 e. The van der Waals surface area contributed by atoms with Gasteiger partial charge in [-0.3, -0.25) is 4.79 Å². The summed E-state index contributed by atoms with van der Waals surface area (Å²) in [5.74, 6) is 0.562. The molecule has 1 aromatic heterocycles. The zero-order chi connectivity index (χ0) is 13.7. The molecule has 1 saturated heterocycles. The molecule has 19 heavy (non-hydrogen) atoms. The lowest BCUT2D eigenvalue weighted by Crippen LogP contribution is -2.34. The molecule has 0 radical (unpaired) electrons.